The monoisotopic (exact) mass is 432 g/mol. The molecular formula is C20H17ClN2O3S2. The normalized spacial score (nSPS) is 12.6. The minimum Gasteiger partial charge on any atom is -0.486 e. The molecule has 0 aliphatic carbocycles. The van der Waals surface area contributed by atoms with E-state index in [0.717, 1.165) is 15.6 Å². The average molecular weight is 433 g/mol. The Bertz CT molecular complexity index is 1020. The Morgan fingerprint density at radius 2 is 2.00 bits per heavy atom. The SMILES string of the molecule is Cc1nc(CSc2ccccc2C(=O)Nc2cc3c(cc2Cl)OCCO3)cs1. The third kappa shape index (κ3) is 4.27. The molecule has 2 heterocycles. The lowest BCUT2D eigenvalue weighted by Gasteiger charge is -2.20. The molecule has 0 saturated carbocycles. The van der Waals surface area contributed by atoms with E-state index < -0.39 is 0 Å². The number of fused-ring (bicyclic) bond motifs is 1. The van der Waals surface area contributed by atoms with Crippen LogP contribution in [0, 0.1) is 6.92 Å². The van der Waals surface area contributed by atoms with Crippen LogP contribution in [-0.2, 0) is 5.75 Å². The first-order valence-corrected chi connectivity index (χ1v) is 10.9. The lowest BCUT2D eigenvalue weighted by Crippen LogP contribution is -2.17. The number of nitrogens with zero attached hydrogens (tertiary/aromatic N) is 1. The number of ether oxygens (including phenoxy) is 2. The van der Waals surface area contributed by atoms with Crippen molar-refractivity contribution in [2.45, 2.75) is 17.6 Å². The van der Waals surface area contributed by atoms with Gasteiger partial charge in [-0.15, -0.1) is 23.1 Å². The fraction of sp³-hybridized carbons (Fsp3) is 0.200. The van der Waals surface area contributed by atoms with Gasteiger partial charge in [0.05, 0.1) is 27.0 Å². The second-order valence-corrected chi connectivity index (χ2v) is 8.56. The summed E-state index contributed by atoms with van der Waals surface area (Å²) in [6.07, 6.45) is 0. The van der Waals surface area contributed by atoms with E-state index in [1.54, 1.807) is 41.3 Å². The van der Waals surface area contributed by atoms with E-state index in [1.165, 1.54) is 0 Å². The molecular weight excluding hydrogens is 416 g/mol. The van der Waals surface area contributed by atoms with Gasteiger partial charge in [-0.2, -0.15) is 0 Å². The van der Waals surface area contributed by atoms with Gasteiger partial charge in [0.25, 0.3) is 5.91 Å². The summed E-state index contributed by atoms with van der Waals surface area (Å²) in [7, 11) is 0. The molecule has 3 aromatic rings. The number of aromatic nitrogens is 1. The van der Waals surface area contributed by atoms with Gasteiger partial charge >= 0.3 is 0 Å². The number of thiazole rings is 1. The number of halogens is 1. The van der Waals surface area contributed by atoms with Crippen LogP contribution in [0.25, 0.3) is 0 Å². The maximum atomic E-state index is 12.9. The summed E-state index contributed by atoms with van der Waals surface area (Å²) < 4.78 is 11.1. The van der Waals surface area contributed by atoms with Gasteiger partial charge in [-0.3, -0.25) is 4.79 Å². The summed E-state index contributed by atoms with van der Waals surface area (Å²) in [4.78, 5) is 18.3. The Morgan fingerprint density at radius 3 is 2.75 bits per heavy atom. The van der Waals surface area contributed by atoms with Gasteiger partial charge in [-0.05, 0) is 19.1 Å². The molecule has 0 bridgehead atoms. The van der Waals surface area contributed by atoms with E-state index in [2.05, 4.69) is 10.3 Å². The molecule has 0 radical (unpaired) electrons. The molecule has 5 nitrogen and oxygen atoms in total. The van der Waals surface area contributed by atoms with Crippen molar-refractivity contribution in [3.8, 4) is 11.5 Å². The number of nitrogens with one attached hydrogen (secondary N) is 1. The standard InChI is InChI=1S/C20H17ClN2O3S2/c1-12-22-13(10-27-12)11-28-19-5-3-2-4-14(19)20(24)23-16-9-18-17(8-15(16)21)25-6-7-26-18/h2-5,8-10H,6-7,11H2,1H3,(H,23,24). The Labute approximate surface area is 176 Å². The summed E-state index contributed by atoms with van der Waals surface area (Å²) in [6, 6.07) is 10.9. The lowest BCUT2D eigenvalue weighted by atomic mass is 10.2. The molecule has 0 spiro atoms. The number of amides is 1. The minimum atomic E-state index is -0.226. The predicted octanol–water partition coefficient (Wildman–Crippen LogP) is 5.42. The smallest absolute Gasteiger partial charge is 0.256 e. The molecule has 144 valence electrons. The second-order valence-electron chi connectivity index (χ2n) is 6.07. The fourth-order valence-corrected chi connectivity index (χ4v) is 4.62. The second kappa shape index (κ2) is 8.43. The Hall–Kier alpha value is -2.22. The van der Waals surface area contributed by atoms with Crippen LogP contribution in [0.15, 0.2) is 46.7 Å². The molecule has 2 aromatic carbocycles. The number of thioether (sulfide) groups is 1. The highest BCUT2D eigenvalue weighted by Crippen LogP contribution is 2.38. The van der Waals surface area contributed by atoms with Crippen LogP contribution in [0.1, 0.15) is 21.1 Å². The molecule has 1 aliphatic rings. The topological polar surface area (TPSA) is 60.5 Å². The first kappa shape index (κ1) is 19.1. The van der Waals surface area contributed by atoms with Crippen molar-refractivity contribution < 1.29 is 14.3 Å². The third-order valence-corrected chi connectivity index (χ3v) is 6.30. The molecule has 8 heteroatoms. The van der Waals surface area contributed by atoms with Crippen LogP contribution in [-0.4, -0.2) is 24.1 Å². The van der Waals surface area contributed by atoms with Crippen LogP contribution < -0.4 is 14.8 Å². The van der Waals surface area contributed by atoms with Crippen LogP contribution in [0.5, 0.6) is 11.5 Å². The number of rotatable bonds is 5. The first-order valence-electron chi connectivity index (χ1n) is 8.63. The predicted molar refractivity (Wildman–Crippen MR) is 113 cm³/mol. The highest BCUT2D eigenvalue weighted by Gasteiger charge is 2.18. The fourth-order valence-electron chi connectivity index (χ4n) is 2.76. The molecule has 28 heavy (non-hydrogen) atoms. The van der Waals surface area contributed by atoms with Crippen molar-refractivity contribution in [2.75, 3.05) is 18.5 Å². The summed E-state index contributed by atoms with van der Waals surface area (Å²) in [5.74, 6) is 1.65. The summed E-state index contributed by atoms with van der Waals surface area (Å²) in [5.41, 5.74) is 2.09. The maximum absolute atomic E-state index is 12.9. The number of benzene rings is 2. The minimum absolute atomic E-state index is 0.226. The molecule has 1 N–H and O–H groups in total. The largest absolute Gasteiger partial charge is 0.486 e. The highest BCUT2D eigenvalue weighted by molar-refractivity contribution is 7.98. The summed E-state index contributed by atoms with van der Waals surface area (Å²) >= 11 is 9.52. The highest BCUT2D eigenvalue weighted by atomic mass is 35.5. The zero-order valence-electron chi connectivity index (χ0n) is 15.0. The molecule has 0 fully saturated rings. The van der Waals surface area contributed by atoms with Crippen molar-refractivity contribution in [3.05, 3.63) is 63.1 Å². The van der Waals surface area contributed by atoms with Gasteiger partial charge in [0.1, 0.15) is 13.2 Å². The van der Waals surface area contributed by atoms with Gasteiger partial charge in [-0.25, -0.2) is 4.98 Å². The van der Waals surface area contributed by atoms with Crippen LogP contribution in [0.4, 0.5) is 5.69 Å². The molecule has 0 saturated heterocycles. The zero-order valence-corrected chi connectivity index (χ0v) is 17.4. The van der Waals surface area contributed by atoms with Gasteiger partial charge in [0.15, 0.2) is 11.5 Å². The van der Waals surface area contributed by atoms with Gasteiger partial charge in [0.2, 0.25) is 0 Å². The number of anilines is 1. The van der Waals surface area contributed by atoms with Crippen molar-refractivity contribution in [1.82, 2.24) is 4.98 Å². The van der Waals surface area contributed by atoms with E-state index in [-0.39, 0.29) is 5.91 Å². The van der Waals surface area contributed by atoms with E-state index in [4.69, 9.17) is 21.1 Å². The Kier molecular flexibility index (Phi) is 5.75. The Balaban J connectivity index is 1.52. The molecule has 1 amide bonds. The van der Waals surface area contributed by atoms with Crippen molar-refractivity contribution in [2.24, 2.45) is 0 Å². The zero-order chi connectivity index (χ0) is 19.5. The van der Waals surface area contributed by atoms with Crippen LogP contribution in [0.3, 0.4) is 0 Å². The van der Waals surface area contributed by atoms with Gasteiger partial charge < -0.3 is 14.8 Å². The van der Waals surface area contributed by atoms with Crippen molar-refractivity contribution >= 4 is 46.3 Å². The number of aryl methyl sites for hydroxylation is 1. The third-order valence-electron chi connectivity index (χ3n) is 4.05. The van der Waals surface area contributed by atoms with Crippen molar-refractivity contribution in [3.63, 3.8) is 0 Å². The van der Waals surface area contributed by atoms with E-state index in [9.17, 15) is 4.79 Å². The van der Waals surface area contributed by atoms with E-state index in [1.807, 2.05) is 30.5 Å². The molecule has 0 atom stereocenters. The van der Waals surface area contributed by atoms with Crippen LogP contribution >= 0.6 is 34.7 Å². The van der Waals surface area contributed by atoms with Crippen molar-refractivity contribution in [1.29, 1.82) is 0 Å². The Morgan fingerprint density at radius 1 is 1.25 bits per heavy atom. The lowest BCUT2D eigenvalue weighted by molar-refractivity contribution is 0.102. The molecule has 0 unspecified atom stereocenters. The summed E-state index contributed by atoms with van der Waals surface area (Å²) in [5, 5.41) is 6.37. The average Bonchev–Trinajstić information content (AvgIpc) is 3.12. The van der Waals surface area contributed by atoms with E-state index in [0.29, 0.717) is 46.7 Å². The quantitative estimate of drug-likeness (QED) is 0.545. The first-order chi connectivity index (χ1) is 13.6. The van der Waals surface area contributed by atoms with Crippen LogP contribution in [0.2, 0.25) is 5.02 Å². The number of hydrogen-bond donors (Lipinski definition) is 1. The summed E-state index contributed by atoms with van der Waals surface area (Å²) in [6.45, 7) is 2.94. The van der Waals surface area contributed by atoms with E-state index >= 15 is 0 Å². The molecule has 1 aliphatic heterocycles. The van der Waals surface area contributed by atoms with Gasteiger partial charge in [0, 0.05) is 28.2 Å². The maximum Gasteiger partial charge on any atom is 0.256 e. The number of carbonyl (C=O) groups excluding carboxylic acids is 1. The number of carbonyl (C=O) groups is 1. The van der Waals surface area contributed by atoms with Gasteiger partial charge in [-0.1, -0.05) is 23.7 Å². The molecule has 1 aromatic heterocycles. The number of hydrogen-bond acceptors (Lipinski definition) is 6. The molecule has 4 rings (SSSR count).